The predicted octanol–water partition coefficient (Wildman–Crippen LogP) is 16.3. The van der Waals surface area contributed by atoms with Gasteiger partial charge < -0.3 is 57.6 Å². The second-order valence-corrected chi connectivity index (χ2v) is 37.8. The zero-order valence-corrected chi connectivity index (χ0v) is 76.4. The number of nitrogens with zero attached hydrogens (tertiary/aromatic N) is 8. The molecule has 28 nitrogen and oxygen atoms in total. The number of hydrogen-bond donors (Lipinski definition) is 2. The number of phenols is 1. The smallest absolute Gasteiger partial charge is 0.343 e. The van der Waals surface area contributed by atoms with Crippen LogP contribution in [0.3, 0.4) is 0 Å². The van der Waals surface area contributed by atoms with Gasteiger partial charge in [0.1, 0.15) is 58.5 Å². The first kappa shape index (κ1) is 88.8. The van der Waals surface area contributed by atoms with Crippen molar-refractivity contribution in [2.24, 2.45) is 0 Å². The Hall–Kier alpha value is -12.5. The fourth-order valence-electron chi connectivity index (χ4n) is 21.5. The van der Waals surface area contributed by atoms with Crippen LogP contribution in [-0.4, -0.2) is 136 Å². The number of aromatic nitrogens is 4. The molecule has 6 aromatic carbocycles. The van der Waals surface area contributed by atoms with E-state index >= 15 is 0 Å². The third-order valence-corrected chi connectivity index (χ3v) is 28.6. The van der Waals surface area contributed by atoms with Crippen molar-refractivity contribution in [1.29, 1.82) is 0 Å². The summed E-state index contributed by atoms with van der Waals surface area (Å²) in [6.45, 7) is 10.2. The normalized spacial score (nSPS) is 19.2. The van der Waals surface area contributed by atoms with E-state index in [1.807, 2.05) is 97.6 Å². The van der Waals surface area contributed by atoms with Gasteiger partial charge in [0.15, 0.2) is 21.7 Å². The molecule has 12 aliphatic rings. The molecule has 4 atom stereocenters. The minimum Gasteiger partial charge on any atom is -0.508 e. The molecule has 4 saturated heterocycles. The van der Waals surface area contributed by atoms with Crippen molar-refractivity contribution in [2.45, 2.75) is 228 Å². The summed E-state index contributed by atoms with van der Waals surface area (Å²) in [6.07, 6.45) is 23.6. The van der Waals surface area contributed by atoms with Crippen molar-refractivity contribution in [3.05, 3.63) is 276 Å². The number of aromatic carboxylic acids is 1. The standard InChI is InChI=1S/C30H32N2O5.C26H23ClN2O4.C24H28N2O6.C23H26N2O5/c1-19(2)37-29(34)24-16-31-26(15-27(24)33)22-13-21(18-35-3)28(36-17-20-7-5-4-6-8-20)14-23(22)25-9-10-30(11-12-30)32(25)31;1-32-25(31)19-14-28-22(13-23(19)30)17-11-20(27)24(33-15-16-5-3-2-4-6-16)12-18(17)21-7-8-26(9-10-26)29(21)28;1-30-8-3-9-32-22-11-17-16(10-15(22)14-31-2)20-12-21(27)18(23(28)29)13-25(20)26-19(17)4-5-24(26)6-7-24;1-13(2)30-22(28)17-11-24-19(10-21(17)27)15-8-14(12-29-3)20(26)9-16(15)18-4-5-23(6-7-23)25(18)24/h4-8,13-16,19,25H,9-12,17-18H2,1-3H3;2-6,11-14,21H,7-10,15H2,1H3;10-13,19H,3-9,14H2,1-2H3,(H,28,29);8-11,13,18,26H,4-7,12H2,1-3H3/t25-;21-;19-;18-/m1111/s1. The summed E-state index contributed by atoms with van der Waals surface area (Å²) < 4.78 is 63.3. The maximum atomic E-state index is 13.1. The summed E-state index contributed by atoms with van der Waals surface area (Å²) in [7, 11) is 7.85. The van der Waals surface area contributed by atoms with Gasteiger partial charge in [0.05, 0.1) is 120 Å². The van der Waals surface area contributed by atoms with Crippen molar-refractivity contribution in [3.63, 3.8) is 0 Å². The van der Waals surface area contributed by atoms with E-state index in [4.69, 9.17) is 59.0 Å². The Bertz CT molecular complexity index is 6500. The third-order valence-electron chi connectivity index (χ3n) is 28.3. The maximum absolute atomic E-state index is 13.1. The lowest BCUT2D eigenvalue weighted by Gasteiger charge is -2.41. The van der Waals surface area contributed by atoms with Crippen LogP contribution in [-0.2, 0) is 66.2 Å². The number of methoxy groups -OCH3 is 5. The molecule has 0 radical (unpaired) electrons. The van der Waals surface area contributed by atoms with E-state index < -0.39 is 29.3 Å². The Labute approximate surface area is 768 Å². The molecule has 10 aromatic rings. The topological polar surface area (TPSA) is 302 Å². The summed E-state index contributed by atoms with van der Waals surface area (Å²) in [5.41, 5.74) is 14.5. The minimum absolute atomic E-state index is 0.0417. The number of pyridine rings is 4. The summed E-state index contributed by atoms with van der Waals surface area (Å²) in [5, 5.41) is 29.9. The molecule has 4 aliphatic carbocycles. The number of carbonyl (C=O) groups is 4. The van der Waals surface area contributed by atoms with Gasteiger partial charge in [-0.2, -0.15) is 0 Å². The Morgan fingerprint density at radius 2 is 0.720 bits per heavy atom. The van der Waals surface area contributed by atoms with Crippen LogP contribution >= 0.6 is 11.6 Å². The fraction of sp³-hybridized carbons (Fsp3) is 0.417. The second-order valence-electron chi connectivity index (χ2n) is 37.4. The molecule has 0 bridgehead atoms. The van der Waals surface area contributed by atoms with Gasteiger partial charge in [-0.3, -0.25) is 57.9 Å². The van der Waals surface area contributed by atoms with E-state index in [-0.39, 0.29) is 109 Å². The Balaban J connectivity index is 0.000000114. The number of rotatable bonds is 23. The van der Waals surface area contributed by atoms with Crippen LogP contribution in [0.2, 0.25) is 5.02 Å². The van der Waals surface area contributed by atoms with Crippen LogP contribution in [0.5, 0.6) is 23.0 Å². The van der Waals surface area contributed by atoms with Gasteiger partial charge in [-0.05, 0) is 212 Å². The number of benzene rings is 6. The molecule has 4 aromatic heterocycles. The van der Waals surface area contributed by atoms with Gasteiger partial charge >= 0.3 is 23.9 Å². The first-order chi connectivity index (χ1) is 63.7. The number of fused-ring (bicyclic) bond motifs is 28. The van der Waals surface area contributed by atoms with Crippen LogP contribution < -0.4 is 56.0 Å². The Morgan fingerprint density at radius 3 is 1.08 bits per heavy atom. The van der Waals surface area contributed by atoms with Crippen LogP contribution in [0.1, 0.15) is 253 Å². The average Bonchev–Trinajstić information content (AvgIpc) is 1.55. The zero-order valence-electron chi connectivity index (χ0n) is 75.6. The average molecular weight is 1810 g/mol. The van der Waals surface area contributed by atoms with Gasteiger partial charge in [0.25, 0.3) is 0 Å². The van der Waals surface area contributed by atoms with Crippen LogP contribution in [0.4, 0.5) is 0 Å². The molecular formula is C103H109ClN8O20. The molecule has 8 fully saturated rings. The number of carboxylic acid groups (broad SMARTS) is 1. The van der Waals surface area contributed by atoms with E-state index in [9.17, 15) is 48.6 Å². The molecule has 2 N–H and O–H groups in total. The van der Waals surface area contributed by atoms with Crippen molar-refractivity contribution in [2.75, 3.05) is 68.8 Å². The van der Waals surface area contributed by atoms with E-state index in [2.05, 4.69) is 50.4 Å². The highest BCUT2D eigenvalue weighted by molar-refractivity contribution is 6.32. The van der Waals surface area contributed by atoms with Gasteiger partial charge in [-0.1, -0.05) is 72.3 Å². The van der Waals surface area contributed by atoms with Crippen molar-refractivity contribution < 1.29 is 76.8 Å². The third kappa shape index (κ3) is 16.1. The molecule has 0 amide bonds. The van der Waals surface area contributed by atoms with Gasteiger partial charge in [-0.25, -0.2) is 19.2 Å². The summed E-state index contributed by atoms with van der Waals surface area (Å²) in [4.78, 5) is 101. The van der Waals surface area contributed by atoms with Crippen LogP contribution in [0.25, 0.3) is 45.0 Å². The lowest BCUT2D eigenvalue weighted by atomic mass is 9.92. The monoisotopic (exact) mass is 1810 g/mol. The molecular weight excluding hydrogens is 1700 g/mol. The van der Waals surface area contributed by atoms with E-state index in [1.165, 1.54) is 31.5 Å². The van der Waals surface area contributed by atoms with Gasteiger partial charge in [0.2, 0.25) is 0 Å². The molecule has 29 heteroatoms. The largest absolute Gasteiger partial charge is 0.508 e. The molecule has 8 aliphatic heterocycles. The molecule has 0 unspecified atom stereocenters. The lowest BCUT2D eigenvalue weighted by molar-refractivity contribution is 0.0364. The van der Waals surface area contributed by atoms with E-state index in [0.717, 1.165) is 210 Å². The van der Waals surface area contributed by atoms with Crippen molar-refractivity contribution in [3.8, 4) is 68.0 Å². The number of carbonyl (C=O) groups excluding carboxylic acids is 3. The number of aromatic hydroxyl groups is 1. The molecule has 12 heterocycles. The Kier molecular flexibility index (Phi) is 23.7. The summed E-state index contributed by atoms with van der Waals surface area (Å²) in [5.74, 6) is -0.557. The molecule has 132 heavy (non-hydrogen) atoms. The number of hydrogen-bond acceptors (Lipinski definition) is 23. The van der Waals surface area contributed by atoms with Crippen LogP contribution in [0, 0.1) is 0 Å². The summed E-state index contributed by atoms with van der Waals surface area (Å²) >= 11 is 6.65. The van der Waals surface area contributed by atoms with Crippen molar-refractivity contribution >= 4 is 35.5 Å². The lowest BCUT2D eigenvalue weighted by Crippen LogP contribution is -2.46. The van der Waals surface area contributed by atoms with Gasteiger partial charge in [-0.15, -0.1) is 0 Å². The quantitative estimate of drug-likeness (QED) is 0.0341. The Morgan fingerprint density at radius 1 is 0.386 bits per heavy atom. The second kappa shape index (κ2) is 35.2. The van der Waals surface area contributed by atoms with E-state index in [1.54, 1.807) is 80.8 Å². The molecule has 4 saturated carbocycles. The first-order valence-electron chi connectivity index (χ1n) is 45.7. The predicted molar refractivity (Wildman–Crippen MR) is 495 cm³/mol. The van der Waals surface area contributed by atoms with E-state index in [0.29, 0.717) is 56.0 Å². The first-order valence-corrected chi connectivity index (χ1v) is 46.1. The minimum atomic E-state index is -1.20. The van der Waals surface area contributed by atoms with Crippen LogP contribution in [0.15, 0.2) is 177 Å². The number of esters is 3. The number of carboxylic acids is 1. The zero-order chi connectivity index (χ0) is 92.1. The molecule has 688 valence electrons. The SMILES string of the molecule is COC(=O)c1cn2c(cc1=O)-c1cc(Cl)c(OCc3ccccc3)cc1[C@H]1CCC3(CC3)N12.COCCCOc1cc2c(cc1COC)-c1cc(=O)c(C(=O)O)cn1N1[C@@H]2CCC12CC2.COCc1cc2c(cc1O)[C@H]1CCC3(CC3)N1n1cc(C(=O)OC(C)C)c(=O)cc1-2.COCc1cc2c(cc1OCc1ccccc1)[C@H]1CCC3(CC3)N1n1cc(C(=O)OC(C)C)c(=O)cc1-2. The number of ether oxygens (including phenoxy) is 10. The fourth-order valence-corrected chi connectivity index (χ4v) is 21.7. The summed E-state index contributed by atoms with van der Waals surface area (Å²) in [6, 6.07) is 42.6. The highest BCUT2D eigenvalue weighted by atomic mass is 35.5. The highest BCUT2D eigenvalue weighted by Gasteiger charge is 2.62. The highest BCUT2D eigenvalue weighted by Crippen LogP contribution is 2.63. The number of halogens is 1. The van der Waals surface area contributed by atoms with Gasteiger partial charge in [0, 0.05) is 129 Å². The van der Waals surface area contributed by atoms with Crippen molar-refractivity contribution in [1.82, 2.24) is 18.7 Å². The molecule has 22 rings (SSSR count). The number of phenolic OH excluding ortho intramolecular Hbond substituents is 1. The maximum Gasteiger partial charge on any atom is 0.343 e. The molecule has 4 spiro atoms.